The average Bonchev–Trinajstić information content (AvgIpc) is 2.32. The first-order valence-corrected chi connectivity index (χ1v) is 7.45. The van der Waals surface area contributed by atoms with Crippen molar-refractivity contribution < 1.29 is 4.79 Å². The van der Waals surface area contributed by atoms with Crippen molar-refractivity contribution in [2.75, 3.05) is 24.6 Å². The SMILES string of the molecule is CC1CCC(C)N(C(=O)C2CSCCN2)C1. The molecule has 1 N–H and O–H groups in total. The first kappa shape index (κ1) is 12.2. The fraction of sp³-hybridized carbons (Fsp3) is 0.917. The molecule has 2 heterocycles. The van der Waals surface area contributed by atoms with Crippen molar-refractivity contribution in [3.05, 3.63) is 0 Å². The molecule has 2 saturated heterocycles. The first-order chi connectivity index (χ1) is 7.68. The van der Waals surface area contributed by atoms with Gasteiger partial charge < -0.3 is 10.2 Å². The number of hydrogen-bond acceptors (Lipinski definition) is 3. The van der Waals surface area contributed by atoms with Crippen molar-refractivity contribution in [2.24, 2.45) is 5.92 Å². The van der Waals surface area contributed by atoms with Crippen LogP contribution in [0.5, 0.6) is 0 Å². The topological polar surface area (TPSA) is 32.3 Å². The van der Waals surface area contributed by atoms with Crippen LogP contribution in [0.15, 0.2) is 0 Å². The Hall–Kier alpha value is -0.220. The lowest BCUT2D eigenvalue weighted by Gasteiger charge is -2.39. The van der Waals surface area contributed by atoms with Gasteiger partial charge in [0.15, 0.2) is 0 Å². The number of thioether (sulfide) groups is 1. The third-order valence-corrected chi connectivity index (χ3v) is 4.68. The van der Waals surface area contributed by atoms with Gasteiger partial charge in [-0.25, -0.2) is 0 Å². The smallest absolute Gasteiger partial charge is 0.240 e. The Morgan fingerprint density at radius 3 is 2.88 bits per heavy atom. The number of amides is 1. The number of piperidine rings is 1. The Kier molecular flexibility index (Phi) is 4.14. The summed E-state index contributed by atoms with van der Waals surface area (Å²) in [6.45, 7) is 6.34. The molecule has 0 aromatic rings. The molecule has 3 nitrogen and oxygen atoms in total. The monoisotopic (exact) mass is 242 g/mol. The van der Waals surface area contributed by atoms with Gasteiger partial charge in [-0.1, -0.05) is 6.92 Å². The normalized spacial score (nSPS) is 36.1. The zero-order valence-electron chi connectivity index (χ0n) is 10.2. The summed E-state index contributed by atoms with van der Waals surface area (Å²) < 4.78 is 0. The van der Waals surface area contributed by atoms with Crippen LogP contribution in [0.2, 0.25) is 0 Å². The Morgan fingerprint density at radius 1 is 1.38 bits per heavy atom. The zero-order chi connectivity index (χ0) is 11.5. The van der Waals surface area contributed by atoms with Crippen molar-refractivity contribution in [2.45, 2.75) is 38.8 Å². The van der Waals surface area contributed by atoms with Gasteiger partial charge in [0, 0.05) is 30.6 Å². The van der Waals surface area contributed by atoms with Gasteiger partial charge in [0.1, 0.15) is 0 Å². The summed E-state index contributed by atoms with van der Waals surface area (Å²) in [5, 5.41) is 3.34. The largest absolute Gasteiger partial charge is 0.338 e. The summed E-state index contributed by atoms with van der Waals surface area (Å²) in [5.74, 6) is 3.06. The van der Waals surface area contributed by atoms with Gasteiger partial charge in [-0.15, -0.1) is 0 Å². The van der Waals surface area contributed by atoms with Crippen LogP contribution >= 0.6 is 11.8 Å². The van der Waals surface area contributed by atoms with E-state index in [1.54, 1.807) is 0 Å². The summed E-state index contributed by atoms with van der Waals surface area (Å²) in [7, 11) is 0. The minimum atomic E-state index is 0.0616. The van der Waals surface area contributed by atoms with E-state index in [1.807, 2.05) is 11.8 Å². The maximum absolute atomic E-state index is 12.4. The van der Waals surface area contributed by atoms with Crippen LogP contribution in [0.1, 0.15) is 26.7 Å². The lowest BCUT2D eigenvalue weighted by atomic mass is 9.94. The molecule has 2 fully saturated rings. The van der Waals surface area contributed by atoms with Crippen LogP contribution < -0.4 is 5.32 Å². The van der Waals surface area contributed by atoms with Crippen LogP contribution in [0.25, 0.3) is 0 Å². The Labute approximate surface area is 102 Å². The van der Waals surface area contributed by atoms with E-state index in [9.17, 15) is 4.79 Å². The molecule has 0 radical (unpaired) electrons. The minimum Gasteiger partial charge on any atom is -0.338 e. The average molecular weight is 242 g/mol. The van der Waals surface area contributed by atoms with Gasteiger partial charge in [-0.2, -0.15) is 11.8 Å². The second kappa shape index (κ2) is 5.41. The molecule has 0 saturated carbocycles. The lowest BCUT2D eigenvalue weighted by molar-refractivity contribution is -0.137. The van der Waals surface area contributed by atoms with E-state index in [0.717, 1.165) is 31.0 Å². The number of nitrogens with one attached hydrogen (secondary N) is 1. The molecule has 2 rings (SSSR count). The first-order valence-electron chi connectivity index (χ1n) is 6.30. The maximum Gasteiger partial charge on any atom is 0.240 e. The van der Waals surface area contributed by atoms with Crippen molar-refractivity contribution in [1.29, 1.82) is 0 Å². The van der Waals surface area contributed by atoms with E-state index in [2.05, 4.69) is 24.1 Å². The van der Waals surface area contributed by atoms with Crippen LogP contribution in [-0.4, -0.2) is 47.5 Å². The molecule has 0 bridgehead atoms. The van der Waals surface area contributed by atoms with E-state index >= 15 is 0 Å². The van der Waals surface area contributed by atoms with Crippen LogP contribution in [-0.2, 0) is 4.79 Å². The highest BCUT2D eigenvalue weighted by Gasteiger charge is 2.32. The molecule has 0 spiro atoms. The van der Waals surface area contributed by atoms with E-state index in [4.69, 9.17) is 0 Å². The van der Waals surface area contributed by atoms with Crippen LogP contribution in [0.3, 0.4) is 0 Å². The van der Waals surface area contributed by atoms with Crippen molar-refractivity contribution >= 4 is 17.7 Å². The van der Waals surface area contributed by atoms with Crippen LogP contribution in [0, 0.1) is 5.92 Å². The molecule has 2 aliphatic heterocycles. The fourth-order valence-electron chi connectivity index (χ4n) is 2.52. The molecular formula is C12H22N2OS. The third kappa shape index (κ3) is 2.72. The van der Waals surface area contributed by atoms with Crippen molar-refractivity contribution in [1.82, 2.24) is 10.2 Å². The predicted octanol–water partition coefficient (Wildman–Crippen LogP) is 1.34. The molecule has 0 aliphatic carbocycles. The van der Waals surface area contributed by atoms with E-state index < -0.39 is 0 Å². The zero-order valence-corrected chi connectivity index (χ0v) is 11.1. The van der Waals surface area contributed by atoms with Gasteiger partial charge in [0.25, 0.3) is 0 Å². The Bertz CT molecular complexity index is 253. The summed E-state index contributed by atoms with van der Waals surface area (Å²) in [6.07, 6.45) is 2.42. The molecule has 2 aliphatic rings. The number of rotatable bonds is 1. The molecule has 0 aromatic carbocycles. The number of hydrogen-bond donors (Lipinski definition) is 1. The highest BCUT2D eigenvalue weighted by Crippen LogP contribution is 2.23. The van der Waals surface area contributed by atoms with Crippen molar-refractivity contribution in [3.63, 3.8) is 0 Å². The van der Waals surface area contributed by atoms with Gasteiger partial charge >= 0.3 is 0 Å². The number of likely N-dealkylation sites (tertiary alicyclic amines) is 1. The lowest BCUT2D eigenvalue weighted by Crippen LogP contribution is -2.55. The maximum atomic E-state index is 12.4. The van der Waals surface area contributed by atoms with E-state index in [-0.39, 0.29) is 6.04 Å². The fourth-order valence-corrected chi connectivity index (χ4v) is 3.44. The molecule has 3 unspecified atom stereocenters. The van der Waals surface area contributed by atoms with Crippen molar-refractivity contribution in [3.8, 4) is 0 Å². The van der Waals surface area contributed by atoms with Gasteiger partial charge in [0.2, 0.25) is 5.91 Å². The third-order valence-electron chi connectivity index (χ3n) is 3.62. The summed E-state index contributed by atoms with van der Waals surface area (Å²) >= 11 is 1.89. The van der Waals surface area contributed by atoms with Crippen LogP contribution in [0.4, 0.5) is 0 Å². The van der Waals surface area contributed by atoms with E-state index in [0.29, 0.717) is 17.9 Å². The molecule has 16 heavy (non-hydrogen) atoms. The Morgan fingerprint density at radius 2 is 2.19 bits per heavy atom. The number of carbonyl (C=O) groups is 1. The highest BCUT2D eigenvalue weighted by molar-refractivity contribution is 7.99. The summed E-state index contributed by atoms with van der Waals surface area (Å²) in [5.41, 5.74) is 0. The molecule has 1 amide bonds. The highest BCUT2D eigenvalue weighted by atomic mass is 32.2. The minimum absolute atomic E-state index is 0.0616. The molecule has 3 atom stereocenters. The standard InChI is InChI=1S/C12H22N2OS/c1-9-3-4-10(2)14(7-9)12(15)11-8-16-6-5-13-11/h9-11,13H,3-8H2,1-2H3. The van der Waals surface area contributed by atoms with Gasteiger partial charge in [-0.05, 0) is 25.7 Å². The summed E-state index contributed by atoms with van der Waals surface area (Å²) in [4.78, 5) is 14.5. The Balaban J connectivity index is 1.96. The summed E-state index contributed by atoms with van der Waals surface area (Å²) in [6, 6.07) is 0.490. The quantitative estimate of drug-likeness (QED) is 0.753. The van der Waals surface area contributed by atoms with E-state index in [1.165, 1.54) is 6.42 Å². The second-order valence-corrected chi connectivity index (χ2v) is 6.25. The predicted molar refractivity (Wildman–Crippen MR) is 68.7 cm³/mol. The molecular weight excluding hydrogens is 220 g/mol. The molecule has 92 valence electrons. The van der Waals surface area contributed by atoms with Gasteiger partial charge in [-0.3, -0.25) is 4.79 Å². The second-order valence-electron chi connectivity index (χ2n) is 5.10. The number of nitrogens with zero attached hydrogens (tertiary/aromatic N) is 1. The molecule has 4 heteroatoms. The molecule has 0 aromatic heterocycles. The number of carbonyl (C=O) groups excluding carboxylic acids is 1. The van der Waals surface area contributed by atoms with Gasteiger partial charge in [0.05, 0.1) is 6.04 Å².